The van der Waals surface area contributed by atoms with Gasteiger partial charge in [-0.1, -0.05) is 30.3 Å². The molecule has 1 unspecified atom stereocenters. The van der Waals surface area contributed by atoms with Crippen LogP contribution in [0.15, 0.2) is 30.3 Å². The van der Waals surface area contributed by atoms with Crippen LogP contribution in [0, 0.1) is 5.92 Å². The van der Waals surface area contributed by atoms with Crippen molar-refractivity contribution in [3.05, 3.63) is 35.9 Å². The first kappa shape index (κ1) is 9.20. The summed E-state index contributed by atoms with van der Waals surface area (Å²) in [5.41, 5.74) is 1.08. The molecule has 1 aromatic rings. The van der Waals surface area contributed by atoms with E-state index in [1.54, 1.807) is 0 Å². The topological polar surface area (TPSA) is 20.2 Å². The van der Waals surface area contributed by atoms with Gasteiger partial charge in [0.15, 0.2) is 0 Å². The second-order valence-corrected chi connectivity index (χ2v) is 2.89. The van der Waals surface area contributed by atoms with Crippen molar-refractivity contribution >= 4 is 0 Å². The first-order chi connectivity index (χ1) is 5.86. The Morgan fingerprint density at radius 1 is 1.25 bits per heavy atom. The van der Waals surface area contributed by atoms with Crippen LogP contribution in [0.1, 0.15) is 5.56 Å². The van der Waals surface area contributed by atoms with Crippen LogP contribution >= 0.6 is 0 Å². The number of hydrogen-bond acceptors (Lipinski definition) is 1. The molecule has 0 aliphatic rings. The molecule has 0 aromatic heterocycles. The monoisotopic (exact) mass is 168 g/mol. The van der Waals surface area contributed by atoms with E-state index >= 15 is 0 Å². The van der Waals surface area contributed by atoms with Gasteiger partial charge in [0.25, 0.3) is 0 Å². The molecule has 0 bridgehead atoms. The molecule has 66 valence electrons. The van der Waals surface area contributed by atoms with E-state index < -0.39 is 6.67 Å². The van der Waals surface area contributed by atoms with Crippen molar-refractivity contribution in [3.63, 3.8) is 0 Å². The lowest BCUT2D eigenvalue weighted by molar-refractivity contribution is 0.197. The zero-order valence-corrected chi connectivity index (χ0v) is 6.91. The zero-order valence-electron chi connectivity index (χ0n) is 6.91. The Labute approximate surface area is 71.9 Å². The summed E-state index contributed by atoms with van der Waals surface area (Å²) < 4.78 is 12.2. The Morgan fingerprint density at radius 2 is 1.92 bits per heavy atom. The van der Waals surface area contributed by atoms with Gasteiger partial charge < -0.3 is 5.11 Å². The van der Waals surface area contributed by atoms with Crippen molar-refractivity contribution in [2.24, 2.45) is 5.92 Å². The summed E-state index contributed by atoms with van der Waals surface area (Å²) in [5, 5.41) is 8.75. The third-order valence-corrected chi connectivity index (χ3v) is 1.84. The van der Waals surface area contributed by atoms with Crippen molar-refractivity contribution in [1.29, 1.82) is 0 Å². The molecule has 12 heavy (non-hydrogen) atoms. The smallest absolute Gasteiger partial charge is 0.0947 e. The SMILES string of the molecule is OCC(CF)Cc1ccccc1. The molecule has 2 heteroatoms. The van der Waals surface area contributed by atoms with Gasteiger partial charge >= 0.3 is 0 Å². The van der Waals surface area contributed by atoms with Crippen LogP contribution in [0.4, 0.5) is 4.39 Å². The molecule has 0 saturated heterocycles. The number of aliphatic hydroxyl groups excluding tert-OH is 1. The van der Waals surface area contributed by atoms with Crippen LogP contribution in [-0.2, 0) is 6.42 Å². The second-order valence-electron chi connectivity index (χ2n) is 2.89. The van der Waals surface area contributed by atoms with Crippen LogP contribution in [0.2, 0.25) is 0 Å². The maximum atomic E-state index is 12.2. The molecule has 1 aromatic carbocycles. The number of rotatable bonds is 4. The second kappa shape index (κ2) is 4.88. The molecular weight excluding hydrogens is 155 g/mol. The zero-order chi connectivity index (χ0) is 8.81. The Kier molecular flexibility index (Phi) is 3.74. The summed E-state index contributed by atoms with van der Waals surface area (Å²) >= 11 is 0. The Hall–Kier alpha value is -0.890. The lowest BCUT2D eigenvalue weighted by Crippen LogP contribution is -2.11. The highest BCUT2D eigenvalue weighted by atomic mass is 19.1. The van der Waals surface area contributed by atoms with Gasteiger partial charge in [0.05, 0.1) is 6.67 Å². The van der Waals surface area contributed by atoms with Gasteiger partial charge in [-0.2, -0.15) is 0 Å². The summed E-state index contributed by atoms with van der Waals surface area (Å²) in [6.45, 7) is -0.531. The third kappa shape index (κ3) is 2.62. The van der Waals surface area contributed by atoms with Gasteiger partial charge in [0, 0.05) is 12.5 Å². The highest BCUT2D eigenvalue weighted by molar-refractivity contribution is 5.15. The first-order valence-electron chi connectivity index (χ1n) is 4.07. The Balaban J connectivity index is 2.51. The highest BCUT2D eigenvalue weighted by Crippen LogP contribution is 2.08. The van der Waals surface area contributed by atoms with Crippen molar-refractivity contribution in [3.8, 4) is 0 Å². The third-order valence-electron chi connectivity index (χ3n) is 1.84. The van der Waals surface area contributed by atoms with E-state index in [1.807, 2.05) is 30.3 Å². The first-order valence-corrected chi connectivity index (χ1v) is 4.07. The molecule has 0 saturated carbocycles. The van der Waals surface area contributed by atoms with E-state index in [9.17, 15) is 4.39 Å². The molecule has 0 fully saturated rings. The minimum Gasteiger partial charge on any atom is -0.396 e. The van der Waals surface area contributed by atoms with E-state index in [0.717, 1.165) is 5.56 Å². The maximum absolute atomic E-state index is 12.2. The summed E-state index contributed by atoms with van der Waals surface area (Å²) in [6, 6.07) is 9.65. The number of alkyl halides is 1. The summed E-state index contributed by atoms with van der Waals surface area (Å²) in [6.07, 6.45) is 0.619. The molecule has 1 nitrogen and oxygen atoms in total. The standard InChI is InChI=1S/C10H13FO/c11-7-10(8-12)6-9-4-2-1-3-5-9/h1-5,10,12H,6-8H2. The Morgan fingerprint density at radius 3 is 2.42 bits per heavy atom. The number of aliphatic hydroxyl groups is 1. The Bertz CT molecular complexity index is 206. The average molecular weight is 168 g/mol. The summed E-state index contributed by atoms with van der Waals surface area (Å²) in [7, 11) is 0. The number of hydrogen-bond donors (Lipinski definition) is 1. The maximum Gasteiger partial charge on any atom is 0.0947 e. The van der Waals surface area contributed by atoms with Gasteiger partial charge in [0.1, 0.15) is 0 Å². The molecule has 0 heterocycles. The van der Waals surface area contributed by atoms with Crippen molar-refractivity contribution in [2.75, 3.05) is 13.3 Å². The van der Waals surface area contributed by atoms with Gasteiger partial charge in [-0.05, 0) is 12.0 Å². The predicted molar refractivity (Wildman–Crippen MR) is 46.7 cm³/mol. The number of halogens is 1. The minimum absolute atomic E-state index is 0.0780. The predicted octanol–water partition coefficient (Wildman–Crippen LogP) is 1.81. The largest absolute Gasteiger partial charge is 0.396 e. The molecule has 0 radical (unpaired) electrons. The fraction of sp³-hybridized carbons (Fsp3) is 0.400. The molecule has 1 atom stereocenters. The summed E-state index contributed by atoms with van der Waals surface area (Å²) in [4.78, 5) is 0. The molecule has 0 aliphatic heterocycles. The molecule has 1 N–H and O–H groups in total. The average Bonchev–Trinajstić information content (AvgIpc) is 2.16. The van der Waals surface area contributed by atoms with Crippen molar-refractivity contribution in [2.45, 2.75) is 6.42 Å². The fourth-order valence-electron chi connectivity index (χ4n) is 1.12. The van der Waals surface area contributed by atoms with Crippen LogP contribution in [0.3, 0.4) is 0 Å². The molecule has 0 amide bonds. The lowest BCUT2D eigenvalue weighted by Gasteiger charge is -2.08. The minimum atomic E-state index is -0.453. The molecule has 0 spiro atoms. The van der Waals surface area contributed by atoms with Crippen LogP contribution in [0.5, 0.6) is 0 Å². The van der Waals surface area contributed by atoms with E-state index in [0.29, 0.717) is 6.42 Å². The van der Waals surface area contributed by atoms with E-state index in [-0.39, 0.29) is 12.5 Å². The lowest BCUT2D eigenvalue weighted by atomic mass is 10.0. The van der Waals surface area contributed by atoms with E-state index in [1.165, 1.54) is 0 Å². The van der Waals surface area contributed by atoms with Crippen LogP contribution in [0.25, 0.3) is 0 Å². The van der Waals surface area contributed by atoms with E-state index in [2.05, 4.69) is 0 Å². The van der Waals surface area contributed by atoms with Gasteiger partial charge in [-0.15, -0.1) is 0 Å². The van der Waals surface area contributed by atoms with Crippen molar-refractivity contribution < 1.29 is 9.50 Å². The van der Waals surface area contributed by atoms with Crippen LogP contribution < -0.4 is 0 Å². The summed E-state index contributed by atoms with van der Waals surface area (Å²) in [5.74, 6) is -0.243. The van der Waals surface area contributed by atoms with Gasteiger partial charge in [-0.25, -0.2) is 0 Å². The normalized spacial score (nSPS) is 12.8. The van der Waals surface area contributed by atoms with Crippen LogP contribution in [-0.4, -0.2) is 18.4 Å². The molecule has 0 aliphatic carbocycles. The highest BCUT2D eigenvalue weighted by Gasteiger charge is 2.06. The quantitative estimate of drug-likeness (QED) is 0.727. The molecular formula is C10H13FO. The fourth-order valence-corrected chi connectivity index (χ4v) is 1.12. The van der Waals surface area contributed by atoms with E-state index in [4.69, 9.17) is 5.11 Å². The van der Waals surface area contributed by atoms with Gasteiger partial charge in [0.2, 0.25) is 0 Å². The number of benzene rings is 1. The van der Waals surface area contributed by atoms with Crippen molar-refractivity contribution in [1.82, 2.24) is 0 Å². The molecule has 1 rings (SSSR count). The van der Waals surface area contributed by atoms with Gasteiger partial charge in [-0.3, -0.25) is 4.39 Å².